The van der Waals surface area contributed by atoms with Crippen molar-refractivity contribution in [2.24, 2.45) is 18.7 Å². The summed E-state index contributed by atoms with van der Waals surface area (Å²) in [6.07, 6.45) is 0.959. The van der Waals surface area contributed by atoms with Gasteiger partial charge in [0.05, 0.1) is 27.2 Å². The molecule has 1 amide bonds. The van der Waals surface area contributed by atoms with Crippen LogP contribution in [0.3, 0.4) is 0 Å². The largest absolute Gasteiger partial charge is 0.336 e. The zero-order valence-corrected chi connectivity index (χ0v) is 16.1. The summed E-state index contributed by atoms with van der Waals surface area (Å²) in [7, 11) is 1.87. The number of hydrogen-bond donors (Lipinski definition) is 1. The maximum atomic E-state index is 13.4. The van der Waals surface area contributed by atoms with E-state index < -0.39 is 0 Å². The van der Waals surface area contributed by atoms with Crippen molar-refractivity contribution < 1.29 is 4.79 Å². The minimum Gasteiger partial charge on any atom is -0.336 e. The monoisotopic (exact) mass is 369 g/mol. The van der Waals surface area contributed by atoms with Gasteiger partial charge in [-0.3, -0.25) is 9.48 Å². The van der Waals surface area contributed by atoms with Gasteiger partial charge >= 0.3 is 0 Å². The Morgan fingerprint density at radius 3 is 2.92 bits per heavy atom. The number of thiophene rings is 1. The van der Waals surface area contributed by atoms with Crippen LogP contribution in [0, 0.1) is 12.8 Å². The molecule has 1 aliphatic rings. The summed E-state index contributed by atoms with van der Waals surface area (Å²) in [4.78, 5) is 21.2. The number of aromatic nitrogens is 3. The van der Waals surface area contributed by atoms with Crippen molar-refractivity contribution in [1.29, 1.82) is 0 Å². The quantitative estimate of drug-likeness (QED) is 0.770. The van der Waals surface area contributed by atoms with E-state index in [1.807, 2.05) is 42.5 Å². The lowest BCUT2D eigenvalue weighted by Crippen LogP contribution is -2.34. The second kappa shape index (κ2) is 6.48. The maximum Gasteiger partial charge on any atom is 0.255 e. The number of nitrogens with two attached hydrogens (primary N) is 1. The van der Waals surface area contributed by atoms with Crippen LogP contribution < -0.4 is 5.73 Å². The Hall–Kier alpha value is -2.25. The van der Waals surface area contributed by atoms with Crippen LogP contribution in [-0.4, -0.2) is 44.7 Å². The Kier molecular flexibility index (Phi) is 4.28. The summed E-state index contributed by atoms with van der Waals surface area (Å²) in [5, 5.41) is 7.37. The van der Waals surface area contributed by atoms with Crippen LogP contribution in [0.2, 0.25) is 0 Å². The van der Waals surface area contributed by atoms with Crippen LogP contribution in [0.15, 0.2) is 23.6 Å². The molecule has 6 nitrogen and oxygen atoms in total. The summed E-state index contributed by atoms with van der Waals surface area (Å²) in [6.45, 7) is 5.37. The highest BCUT2D eigenvalue weighted by molar-refractivity contribution is 7.13. The van der Waals surface area contributed by atoms with Gasteiger partial charge in [0, 0.05) is 19.6 Å². The third-order valence-corrected chi connectivity index (χ3v) is 6.12. The molecule has 0 spiro atoms. The first-order valence-electron chi connectivity index (χ1n) is 8.88. The number of likely N-dealkylation sites (tertiary alicyclic amines) is 1. The number of carbonyl (C=O) groups is 1. The van der Waals surface area contributed by atoms with Crippen molar-refractivity contribution in [2.75, 3.05) is 13.1 Å². The Bertz CT molecular complexity index is 962. The lowest BCUT2D eigenvalue weighted by atomic mass is 10.1. The average molecular weight is 369 g/mol. The maximum absolute atomic E-state index is 13.4. The van der Waals surface area contributed by atoms with Crippen LogP contribution in [-0.2, 0) is 7.05 Å². The second-order valence-corrected chi connectivity index (χ2v) is 8.03. The first-order valence-corrected chi connectivity index (χ1v) is 9.76. The molecule has 3 aromatic heterocycles. The van der Waals surface area contributed by atoms with Gasteiger partial charge in [-0.1, -0.05) is 6.07 Å². The van der Waals surface area contributed by atoms with E-state index in [9.17, 15) is 4.79 Å². The molecule has 1 saturated heterocycles. The molecule has 136 valence electrons. The van der Waals surface area contributed by atoms with Crippen molar-refractivity contribution in [3.63, 3.8) is 0 Å². The molecule has 0 saturated carbocycles. The lowest BCUT2D eigenvalue weighted by Gasteiger charge is -2.22. The number of amides is 1. The predicted molar refractivity (Wildman–Crippen MR) is 104 cm³/mol. The molecule has 26 heavy (non-hydrogen) atoms. The predicted octanol–water partition coefficient (Wildman–Crippen LogP) is 2.81. The fourth-order valence-corrected chi connectivity index (χ4v) is 4.60. The number of rotatable bonds is 3. The molecule has 0 radical (unpaired) electrons. The minimum absolute atomic E-state index is 0.0507. The normalized spacial score (nSPS) is 20.2. The third-order valence-electron chi connectivity index (χ3n) is 5.23. The second-order valence-electron chi connectivity index (χ2n) is 7.08. The summed E-state index contributed by atoms with van der Waals surface area (Å²) < 4.78 is 1.76. The summed E-state index contributed by atoms with van der Waals surface area (Å²) in [5.74, 6) is 0.424. The van der Waals surface area contributed by atoms with Crippen LogP contribution in [0.5, 0.6) is 0 Å². The smallest absolute Gasteiger partial charge is 0.255 e. The van der Waals surface area contributed by atoms with E-state index in [0.29, 0.717) is 24.6 Å². The van der Waals surface area contributed by atoms with Crippen molar-refractivity contribution >= 4 is 28.3 Å². The first kappa shape index (κ1) is 17.2. The van der Waals surface area contributed by atoms with Gasteiger partial charge in [-0.25, -0.2) is 4.98 Å². The molecule has 2 N–H and O–H groups in total. The highest BCUT2D eigenvalue weighted by atomic mass is 32.1. The van der Waals surface area contributed by atoms with E-state index in [2.05, 4.69) is 12.0 Å². The van der Waals surface area contributed by atoms with Crippen LogP contribution >= 0.6 is 11.3 Å². The van der Waals surface area contributed by atoms with Crippen LogP contribution in [0.25, 0.3) is 21.6 Å². The summed E-state index contributed by atoms with van der Waals surface area (Å²) >= 11 is 1.62. The molecule has 1 fully saturated rings. The Balaban J connectivity index is 1.86. The van der Waals surface area contributed by atoms with Gasteiger partial charge in [0.25, 0.3) is 5.91 Å². The average Bonchev–Trinajstić information content (AvgIpc) is 3.34. The van der Waals surface area contributed by atoms with Crippen molar-refractivity contribution in [1.82, 2.24) is 19.7 Å². The van der Waals surface area contributed by atoms with E-state index in [-0.39, 0.29) is 11.9 Å². The standard InChI is InChI=1S/C19H23N5OS/c1-11-7-13(9-20)10-24(11)19(25)14-8-15(16-5-4-6-26-16)21-18-17(14)12(2)22-23(18)3/h4-6,8,11,13H,7,9-10,20H2,1-3H3. The van der Waals surface area contributed by atoms with Crippen molar-refractivity contribution in [3.8, 4) is 10.6 Å². The number of carbonyl (C=O) groups excluding carboxylic acids is 1. The van der Waals surface area contributed by atoms with Gasteiger partial charge in [-0.2, -0.15) is 5.10 Å². The van der Waals surface area contributed by atoms with Gasteiger partial charge in [0.1, 0.15) is 0 Å². The molecule has 1 aliphatic heterocycles. The van der Waals surface area contributed by atoms with E-state index in [1.165, 1.54) is 0 Å². The Labute approximate surface area is 156 Å². The topological polar surface area (TPSA) is 77.0 Å². The van der Waals surface area contributed by atoms with Crippen molar-refractivity contribution in [3.05, 3.63) is 34.8 Å². The molecular formula is C19H23N5OS. The third kappa shape index (κ3) is 2.71. The van der Waals surface area contributed by atoms with Gasteiger partial charge in [-0.05, 0) is 50.2 Å². The molecule has 3 aromatic rings. The summed E-state index contributed by atoms with van der Waals surface area (Å²) in [5.41, 5.74) is 8.93. The van der Waals surface area contributed by atoms with Gasteiger partial charge in [0.2, 0.25) is 0 Å². The highest BCUT2D eigenvalue weighted by Gasteiger charge is 2.33. The molecule has 0 aliphatic carbocycles. The molecule has 7 heteroatoms. The van der Waals surface area contributed by atoms with E-state index in [0.717, 1.165) is 33.7 Å². The molecule has 4 rings (SSSR count). The minimum atomic E-state index is 0.0507. The van der Waals surface area contributed by atoms with Gasteiger partial charge in [-0.15, -0.1) is 11.3 Å². The van der Waals surface area contributed by atoms with Crippen LogP contribution in [0.1, 0.15) is 29.4 Å². The number of hydrogen-bond acceptors (Lipinski definition) is 5. The first-order chi connectivity index (χ1) is 12.5. The molecule has 0 aromatic carbocycles. The van der Waals surface area contributed by atoms with Gasteiger partial charge < -0.3 is 10.6 Å². The SMILES string of the molecule is Cc1nn(C)c2nc(-c3cccs3)cc(C(=O)N3CC(CN)CC3C)c12. The fourth-order valence-electron chi connectivity index (χ4n) is 3.91. The Morgan fingerprint density at radius 1 is 1.46 bits per heavy atom. The number of aryl methyl sites for hydroxylation is 2. The zero-order chi connectivity index (χ0) is 18.4. The molecule has 4 heterocycles. The van der Waals surface area contributed by atoms with E-state index >= 15 is 0 Å². The molecule has 2 unspecified atom stereocenters. The molecular weight excluding hydrogens is 346 g/mol. The molecule has 2 atom stereocenters. The van der Waals surface area contributed by atoms with E-state index in [1.54, 1.807) is 16.0 Å². The zero-order valence-electron chi connectivity index (χ0n) is 15.3. The summed E-state index contributed by atoms with van der Waals surface area (Å²) in [6, 6.07) is 6.14. The Morgan fingerprint density at radius 2 is 2.27 bits per heavy atom. The van der Waals surface area contributed by atoms with Crippen molar-refractivity contribution in [2.45, 2.75) is 26.3 Å². The fraction of sp³-hybridized carbons (Fsp3) is 0.421. The van der Waals surface area contributed by atoms with Crippen LogP contribution in [0.4, 0.5) is 0 Å². The van der Waals surface area contributed by atoms with Gasteiger partial charge in [0.15, 0.2) is 5.65 Å². The number of fused-ring (bicyclic) bond motifs is 1. The number of nitrogens with zero attached hydrogens (tertiary/aromatic N) is 4. The lowest BCUT2D eigenvalue weighted by molar-refractivity contribution is 0.0745. The van der Waals surface area contributed by atoms with E-state index in [4.69, 9.17) is 10.7 Å². The molecule has 0 bridgehead atoms. The number of pyridine rings is 1. The highest BCUT2D eigenvalue weighted by Crippen LogP contribution is 2.32.